The second-order valence-electron chi connectivity index (χ2n) is 4.20. The quantitative estimate of drug-likeness (QED) is 0.917. The Hall–Kier alpha value is -0.580. The maximum atomic E-state index is 8.95. The number of methoxy groups -OCH3 is 1. The molecule has 4 heteroatoms. The first-order chi connectivity index (χ1) is 7.72. The van der Waals surface area contributed by atoms with E-state index in [0.717, 1.165) is 29.9 Å². The molecule has 3 nitrogen and oxygen atoms in total. The number of aliphatic hydroxyl groups excluding tert-OH is 1. The molecule has 1 aromatic carbocycles. The summed E-state index contributed by atoms with van der Waals surface area (Å²) < 4.78 is 6.38. The van der Waals surface area contributed by atoms with Crippen LogP contribution in [0.15, 0.2) is 22.7 Å². The van der Waals surface area contributed by atoms with E-state index in [2.05, 4.69) is 26.9 Å². The van der Waals surface area contributed by atoms with Crippen molar-refractivity contribution in [3.63, 3.8) is 0 Å². The van der Waals surface area contributed by atoms with Crippen molar-refractivity contribution in [1.82, 2.24) is 4.90 Å². The molecule has 2 rings (SSSR count). The molecule has 0 atom stereocenters. The fourth-order valence-corrected chi connectivity index (χ4v) is 2.35. The van der Waals surface area contributed by atoms with Crippen molar-refractivity contribution >= 4 is 15.9 Å². The Labute approximate surface area is 104 Å². The molecule has 0 spiro atoms. The van der Waals surface area contributed by atoms with Crippen LogP contribution in [0, 0.1) is 5.92 Å². The van der Waals surface area contributed by atoms with Gasteiger partial charge in [-0.15, -0.1) is 0 Å². The van der Waals surface area contributed by atoms with Crippen molar-refractivity contribution in [3.8, 4) is 5.75 Å². The normalized spacial score (nSPS) is 17.2. The number of nitrogens with zero attached hydrogens (tertiary/aromatic N) is 1. The van der Waals surface area contributed by atoms with Gasteiger partial charge < -0.3 is 9.84 Å². The van der Waals surface area contributed by atoms with E-state index >= 15 is 0 Å². The van der Waals surface area contributed by atoms with Crippen molar-refractivity contribution < 1.29 is 9.84 Å². The number of aliphatic hydroxyl groups is 1. The van der Waals surface area contributed by atoms with Gasteiger partial charge in [-0.05, 0) is 12.1 Å². The molecule has 0 bridgehead atoms. The van der Waals surface area contributed by atoms with E-state index in [9.17, 15) is 0 Å². The van der Waals surface area contributed by atoms with Crippen LogP contribution in [-0.4, -0.2) is 36.8 Å². The van der Waals surface area contributed by atoms with Crippen LogP contribution in [0.5, 0.6) is 5.75 Å². The van der Waals surface area contributed by atoms with E-state index in [1.807, 2.05) is 12.1 Å². The molecule has 1 saturated heterocycles. The molecule has 0 aliphatic carbocycles. The second-order valence-corrected chi connectivity index (χ2v) is 5.11. The Bertz CT molecular complexity index is 364. The molecule has 1 heterocycles. The number of benzene rings is 1. The third-order valence-corrected chi connectivity index (χ3v) is 3.43. The molecule has 0 amide bonds. The second kappa shape index (κ2) is 5.17. The molecule has 0 aromatic heterocycles. The number of hydrogen-bond acceptors (Lipinski definition) is 3. The molecule has 0 saturated carbocycles. The highest BCUT2D eigenvalue weighted by Crippen LogP contribution is 2.27. The minimum atomic E-state index is 0.300. The highest BCUT2D eigenvalue weighted by molar-refractivity contribution is 9.10. The van der Waals surface area contributed by atoms with Crippen LogP contribution in [-0.2, 0) is 6.54 Å². The fraction of sp³-hybridized carbons (Fsp3) is 0.500. The van der Waals surface area contributed by atoms with Crippen LogP contribution in [0.25, 0.3) is 0 Å². The van der Waals surface area contributed by atoms with Crippen LogP contribution < -0.4 is 4.74 Å². The van der Waals surface area contributed by atoms with Crippen molar-refractivity contribution in [2.75, 3.05) is 26.8 Å². The molecular weight excluding hydrogens is 270 g/mol. The smallest absolute Gasteiger partial charge is 0.124 e. The number of likely N-dealkylation sites (tertiary alicyclic amines) is 1. The highest BCUT2D eigenvalue weighted by atomic mass is 79.9. The van der Waals surface area contributed by atoms with E-state index in [0.29, 0.717) is 12.5 Å². The maximum Gasteiger partial charge on any atom is 0.124 e. The molecule has 1 N–H and O–H groups in total. The largest absolute Gasteiger partial charge is 0.496 e. The summed E-state index contributed by atoms with van der Waals surface area (Å²) in [5.41, 5.74) is 1.20. The topological polar surface area (TPSA) is 32.7 Å². The zero-order valence-corrected chi connectivity index (χ0v) is 10.9. The SMILES string of the molecule is COc1cc(Br)ccc1CN1CC(CO)C1. The minimum absolute atomic E-state index is 0.300. The van der Waals surface area contributed by atoms with Crippen LogP contribution in [0.4, 0.5) is 0 Å². The van der Waals surface area contributed by atoms with Gasteiger partial charge in [-0.3, -0.25) is 4.90 Å². The van der Waals surface area contributed by atoms with E-state index < -0.39 is 0 Å². The first-order valence-corrected chi connectivity index (χ1v) is 6.18. The fourth-order valence-electron chi connectivity index (χ4n) is 2.01. The van der Waals surface area contributed by atoms with Gasteiger partial charge in [0.1, 0.15) is 5.75 Å². The number of halogens is 1. The summed E-state index contributed by atoms with van der Waals surface area (Å²) in [4.78, 5) is 2.31. The lowest BCUT2D eigenvalue weighted by molar-refractivity contribution is 0.0474. The average molecular weight is 286 g/mol. The van der Waals surface area contributed by atoms with E-state index in [4.69, 9.17) is 9.84 Å². The van der Waals surface area contributed by atoms with Gasteiger partial charge in [0.05, 0.1) is 7.11 Å². The van der Waals surface area contributed by atoms with Crippen LogP contribution in [0.2, 0.25) is 0 Å². The van der Waals surface area contributed by atoms with Crippen LogP contribution in [0.1, 0.15) is 5.56 Å². The van der Waals surface area contributed by atoms with E-state index in [1.54, 1.807) is 7.11 Å². The predicted molar refractivity (Wildman–Crippen MR) is 66.5 cm³/mol. The van der Waals surface area contributed by atoms with Crippen LogP contribution >= 0.6 is 15.9 Å². The molecule has 1 aromatic rings. The van der Waals surface area contributed by atoms with Crippen molar-refractivity contribution in [3.05, 3.63) is 28.2 Å². The molecule has 1 aliphatic rings. The molecule has 88 valence electrons. The standard InChI is InChI=1S/C12H16BrNO2/c1-16-12-4-11(13)3-2-10(12)7-14-5-9(6-14)8-15/h2-4,9,15H,5-8H2,1H3. The lowest BCUT2D eigenvalue weighted by atomic mass is 10.0. The third-order valence-electron chi connectivity index (χ3n) is 2.93. The molecule has 1 aliphatic heterocycles. The van der Waals surface area contributed by atoms with Gasteiger partial charge >= 0.3 is 0 Å². The summed E-state index contributed by atoms with van der Waals surface area (Å²) in [5, 5.41) is 8.95. The number of ether oxygens (including phenoxy) is 1. The van der Waals surface area contributed by atoms with Crippen molar-refractivity contribution in [2.45, 2.75) is 6.54 Å². The molecular formula is C12H16BrNO2. The highest BCUT2D eigenvalue weighted by Gasteiger charge is 2.26. The van der Waals surface area contributed by atoms with E-state index in [1.165, 1.54) is 5.56 Å². The zero-order valence-electron chi connectivity index (χ0n) is 9.32. The lowest BCUT2D eigenvalue weighted by Gasteiger charge is -2.38. The van der Waals surface area contributed by atoms with E-state index in [-0.39, 0.29) is 0 Å². The minimum Gasteiger partial charge on any atom is -0.496 e. The summed E-state index contributed by atoms with van der Waals surface area (Å²) >= 11 is 3.43. The zero-order chi connectivity index (χ0) is 11.5. The Balaban J connectivity index is 1.99. The summed E-state index contributed by atoms with van der Waals surface area (Å²) in [6.45, 7) is 3.16. The third kappa shape index (κ3) is 2.56. The number of hydrogen-bond donors (Lipinski definition) is 1. The first-order valence-electron chi connectivity index (χ1n) is 5.38. The summed E-state index contributed by atoms with van der Waals surface area (Å²) in [6, 6.07) is 6.09. The van der Waals surface area contributed by atoms with Crippen molar-refractivity contribution in [1.29, 1.82) is 0 Å². The van der Waals surface area contributed by atoms with Crippen molar-refractivity contribution in [2.24, 2.45) is 5.92 Å². The summed E-state index contributed by atoms with van der Waals surface area (Å²) in [6.07, 6.45) is 0. The van der Waals surface area contributed by atoms with Gasteiger partial charge in [0.2, 0.25) is 0 Å². The Morgan fingerprint density at radius 3 is 2.88 bits per heavy atom. The van der Waals surface area contributed by atoms with Gasteiger partial charge in [0, 0.05) is 42.2 Å². The maximum absolute atomic E-state index is 8.95. The molecule has 16 heavy (non-hydrogen) atoms. The first kappa shape index (κ1) is 11.9. The molecule has 0 radical (unpaired) electrons. The molecule has 1 fully saturated rings. The number of rotatable bonds is 4. The molecule has 0 unspecified atom stereocenters. The summed E-state index contributed by atoms with van der Waals surface area (Å²) in [5.74, 6) is 1.38. The van der Waals surface area contributed by atoms with Gasteiger partial charge in [0.25, 0.3) is 0 Å². The Morgan fingerprint density at radius 1 is 1.50 bits per heavy atom. The average Bonchev–Trinajstić information content (AvgIpc) is 2.24. The summed E-state index contributed by atoms with van der Waals surface area (Å²) in [7, 11) is 1.69. The Kier molecular flexibility index (Phi) is 3.84. The van der Waals surface area contributed by atoms with Crippen LogP contribution in [0.3, 0.4) is 0 Å². The lowest BCUT2D eigenvalue weighted by Crippen LogP contribution is -2.47. The van der Waals surface area contributed by atoms with Gasteiger partial charge in [-0.2, -0.15) is 0 Å². The van der Waals surface area contributed by atoms with Gasteiger partial charge in [-0.25, -0.2) is 0 Å². The Morgan fingerprint density at radius 2 is 2.25 bits per heavy atom. The van der Waals surface area contributed by atoms with Gasteiger partial charge in [0.15, 0.2) is 0 Å². The van der Waals surface area contributed by atoms with Gasteiger partial charge in [-0.1, -0.05) is 22.0 Å². The predicted octanol–water partition coefficient (Wildman–Crippen LogP) is 1.88. The monoisotopic (exact) mass is 285 g/mol.